The number of amides is 1. The van der Waals surface area contributed by atoms with Gasteiger partial charge in [-0.1, -0.05) is 139 Å². The Bertz CT molecular complexity index is 1730. The van der Waals surface area contributed by atoms with Crippen LogP contribution < -0.4 is 20.8 Å². The summed E-state index contributed by atoms with van der Waals surface area (Å²) < 4.78 is 5.68. The minimum absolute atomic E-state index is 0.126. The normalized spacial score (nSPS) is 11.1. The van der Waals surface area contributed by atoms with E-state index in [2.05, 4.69) is 86.6 Å². The van der Waals surface area contributed by atoms with E-state index in [1.807, 2.05) is 91.0 Å². The van der Waals surface area contributed by atoms with Gasteiger partial charge in [-0.25, -0.2) is 0 Å². The Morgan fingerprint density at radius 2 is 0.860 bits per heavy atom. The van der Waals surface area contributed by atoms with Gasteiger partial charge in [-0.05, 0) is 50.2 Å². The molecule has 0 radical (unpaired) electrons. The van der Waals surface area contributed by atoms with Gasteiger partial charge in [0.15, 0.2) is 0 Å². The van der Waals surface area contributed by atoms with Crippen LogP contribution in [0.25, 0.3) is 0 Å². The Morgan fingerprint density at radius 1 is 0.488 bits per heavy atom. The molecular formula is C39H33N2OP. The van der Waals surface area contributed by atoms with Crippen molar-refractivity contribution in [3.05, 3.63) is 180 Å². The van der Waals surface area contributed by atoms with Crippen LogP contribution in [0.1, 0.15) is 21.5 Å². The number of benzene rings is 6. The molecule has 0 aliphatic rings. The summed E-state index contributed by atoms with van der Waals surface area (Å²) in [5.41, 5.74) is 5.11. The van der Waals surface area contributed by atoms with Crippen molar-refractivity contribution in [2.24, 2.45) is 4.74 Å². The Balaban J connectivity index is 1.62. The van der Waals surface area contributed by atoms with Crippen LogP contribution in [0.5, 0.6) is 0 Å². The molecule has 0 N–H and O–H groups in total. The number of hydrogen-bond donors (Lipinski definition) is 0. The monoisotopic (exact) mass is 576 g/mol. The highest BCUT2D eigenvalue weighted by Crippen LogP contribution is 2.50. The van der Waals surface area contributed by atoms with Gasteiger partial charge in [0.1, 0.15) is 0 Å². The number of carbonyl (C=O) groups excluding carboxylic acids is 1. The second kappa shape index (κ2) is 12.5. The maximum absolute atomic E-state index is 14.7. The molecule has 6 aromatic carbocycles. The first-order chi connectivity index (χ1) is 21.1. The Hall–Kier alpha value is -4.98. The molecule has 0 saturated heterocycles. The maximum atomic E-state index is 14.7. The molecule has 0 heterocycles. The summed E-state index contributed by atoms with van der Waals surface area (Å²) in [6, 6.07) is 55.4. The summed E-state index contributed by atoms with van der Waals surface area (Å²) in [6.07, 6.45) is 0. The third-order valence-corrected chi connectivity index (χ3v) is 11.2. The van der Waals surface area contributed by atoms with E-state index >= 15 is 0 Å². The van der Waals surface area contributed by atoms with Crippen LogP contribution in [-0.2, 0) is 0 Å². The van der Waals surface area contributed by atoms with Crippen molar-refractivity contribution in [2.75, 3.05) is 4.90 Å². The second-order valence-electron chi connectivity index (χ2n) is 10.6. The molecule has 0 aromatic heterocycles. The first kappa shape index (κ1) is 28.2. The minimum Gasteiger partial charge on any atom is -0.277 e. The molecule has 0 unspecified atom stereocenters. The highest BCUT2D eigenvalue weighted by molar-refractivity contribution is 7.87. The molecule has 0 aliphatic carbocycles. The van der Waals surface area contributed by atoms with E-state index in [0.29, 0.717) is 11.3 Å². The zero-order valence-electron chi connectivity index (χ0n) is 24.3. The fourth-order valence-electron chi connectivity index (χ4n) is 5.35. The van der Waals surface area contributed by atoms with Crippen LogP contribution in [-0.4, -0.2) is 5.91 Å². The zero-order chi connectivity index (χ0) is 29.6. The largest absolute Gasteiger partial charge is 0.277 e. The van der Waals surface area contributed by atoms with Crippen molar-refractivity contribution >= 4 is 45.9 Å². The molecule has 1 amide bonds. The number of rotatable bonds is 7. The van der Waals surface area contributed by atoms with E-state index in [4.69, 9.17) is 4.74 Å². The van der Waals surface area contributed by atoms with Crippen molar-refractivity contribution in [1.29, 1.82) is 0 Å². The Labute approximate surface area is 254 Å². The predicted octanol–water partition coefficient (Wildman–Crippen LogP) is 9.09. The number of aryl methyl sites for hydroxylation is 2. The van der Waals surface area contributed by atoms with Crippen molar-refractivity contribution in [2.45, 2.75) is 13.8 Å². The number of carbonyl (C=O) groups is 1. The molecule has 6 rings (SSSR count). The molecule has 0 fully saturated rings. The van der Waals surface area contributed by atoms with Crippen LogP contribution in [0.2, 0.25) is 0 Å². The topological polar surface area (TPSA) is 32.7 Å². The predicted molar refractivity (Wildman–Crippen MR) is 183 cm³/mol. The Kier molecular flexibility index (Phi) is 8.18. The summed E-state index contributed by atoms with van der Waals surface area (Å²) in [5.74, 6) is -0.126. The quantitative estimate of drug-likeness (QED) is 0.175. The van der Waals surface area contributed by atoms with Crippen molar-refractivity contribution < 1.29 is 4.79 Å². The standard InChI is InChI=1S/C39H33N2OP/c1-30-22-26-32(27-23-30)41(33-28-24-31(2)25-29-33)39(42)37-20-12-13-21-38(37)40-43(34-14-6-3-7-15-34,35-16-8-4-9-17-35)36-18-10-5-11-19-36/h3-29H,1-2H3. The minimum atomic E-state index is -2.57. The lowest BCUT2D eigenvalue weighted by Gasteiger charge is -2.28. The van der Waals surface area contributed by atoms with Gasteiger partial charge in [-0.2, -0.15) is 0 Å². The molecule has 210 valence electrons. The fourth-order valence-corrected chi connectivity index (χ4v) is 8.90. The van der Waals surface area contributed by atoms with Gasteiger partial charge in [-0.15, -0.1) is 0 Å². The molecule has 0 aliphatic heterocycles. The summed E-state index contributed by atoms with van der Waals surface area (Å²) in [5, 5.41) is 3.38. The summed E-state index contributed by atoms with van der Waals surface area (Å²) >= 11 is 0. The van der Waals surface area contributed by atoms with Crippen molar-refractivity contribution in [3.8, 4) is 0 Å². The first-order valence-electron chi connectivity index (χ1n) is 14.4. The average molecular weight is 577 g/mol. The van der Waals surface area contributed by atoms with Gasteiger partial charge in [-0.3, -0.25) is 14.4 Å². The summed E-state index contributed by atoms with van der Waals surface area (Å²) in [7, 11) is -2.57. The number of nitrogens with zero attached hydrogens (tertiary/aromatic N) is 2. The third kappa shape index (κ3) is 5.73. The van der Waals surface area contributed by atoms with Gasteiger partial charge in [0.25, 0.3) is 5.91 Å². The van der Waals surface area contributed by atoms with Gasteiger partial charge in [0.05, 0.1) is 18.3 Å². The molecule has 4 heteroatoms. The molecule has 0 atom stereocenters. The van der Waals surface area contributed by atoms with E-state index in [-0.39, 0.29) is 5.91 Å². The van der Waals surface area contributed by atoms with Crippen LogP contribution in [0.3, 0.4) is 0 Å². The highest BCUT2D eigenvalue weighted by atomic mass is 31.2. The Morgan fingerprint density at radius 3 is 1.28 bits per heavy atom. The van der Waals surface area contributed by atoms with Gasteiger partial charge in [0, 0.05) is 27.3 Å². The molecule has 43 heavy (non-hydrogen) atoms. The van der Waals surface area contributed by atoms with Crippen LogP contribution >= 0.6 is 7.05 Å². The van der Waals surface area contributed by atoms with Gasteiger partial charge < -0.3 is 0 Å². The van der Waals surface area contributed by atoms with E-state index in [9.17, 15) is 4.79 Å². The van der Waals surface area contributed by atoms with Crippen LogP contribution in [0.15, 0.2) is 169 Å². The maximum Gasteiger partial charge on any atom is 0.265 e. The average Bonchev–Trinajstić information content (AvgIpc) is 3.07. The lowest BCUT2D eigenvalue weighted by Crippen LogP contribution is -2.27. The SMILES string of the molecule is Cc1ccc(N(C(=O)c2ccccc2N=P(c2ccccc2)(c2ccccc2)c2ccccc2)c2ccc(C)cc2)cc1. The summed E-state index contributed by atoms with van der Waals surface area (Å²) in [4.78, 5) is 16.5. The molecule has 3 nitrogen and oxygen atoms in total. The van der Waals surface area contributed by atoms with Crippen molar-refractivity contribution in [3.63, 3.8) is 0 Å². The molecule has 6 aromatic rings. The van der Waals surface area contributed by atoms with E-state index in [0.717, 1.165) is 38.4 Å². The second-order valence-corrected chi connectivity index (χ2v) is 13.6. The smallest absolute Gasteiger partial charge is 0.265 e. The number of hydrogen-bond acceptors (Lipinski definition) is 2. The zero-order valence-corrected chi connectivity index (χ0v) is 25.2. The lowest BCUT2D eigenvalue weighted by atomic mass is 10.1. The fraction of sp³-hybridized carbons (Fsp3) is 0.0513. The van der Waals surface area contributed by atoms with E-state index in [1.54, 1.807) is 4.90 Å². The molecular weight excluding hydrogens is 543 g/mol. The van der Waals surface area contributed by atoms with E-state index in [1.165, 1.54) is 0 Å². The van der Waals surface area contributed by atoms with Crippen molar-refractivity contribution in [1.82, 2.24) is 0 Å². The molecule has 0 bridgehead atoms. The third-order valence-electron chi connectivity index (χ3n) is 7.57. The van der Waals surface area contributed by atoms with Crippen LogP contribution in [0, 0.1) is 13.8 Å². The molecule has 0 saturated carbocycles. The summed E-state index contributed by atoms with van der Waals surface area (Å²) in [6.45, 7) is 4.10. The molecule has 0 spiro atoms. The number of anilines is 2. The van der Waals surface area contributed by atoms with E-state index < -0.39 is 7.05 Å². The highest BCUT2D eigenvalue weighted by Gasteiger charge is 2.29. The van der Waals surface area contributed by atoms with Crippen LogP contribution in [0.4, 0.5) is 17.1 Å². The first-order valence-corrected chi connectivity index (χ1v) is 16.2. The lowest BCUT2D eigenvalue weighted by molar-refractivity contribution is 0.1000. The van der Waals surface area contributed by atoms with Gasteiger partial charge in [0.2, 0.25) is 0 Å². The van der Waals surface area contributed by atoms with Gasteiger partial charge >= 0.3 is 0 Å².